The standard InChI is InChI=1S/C17H17F9N6S2.Cu/c1-9(29-31-13(33)27-7-16(21,22)23)12(30-32-14(34)28-8-17(24,25)26)11-4-2-10(3-5-11)6-15(18,19)20;/h2-5H,6-8H2,1H3,(H2,27,31,33)(H2,28,32,34);/q;+2/p-2/b29-9+,30-12-;. The van der Waals surface area contributed by atoms with Crippen LogP contribution < -0.4 is 10.6 Å². The largest absolute Gasteiger partial charge is 2.00 e. The number of benzene rings is 1. The van der Waals surface area contributed by atoms with Crippen LogP contribution in [0.1, 0.15) is 18.1 Å². The first-order valence-corrected chi connectivity index (χ1v) is 9.66. The summed E-state index contributed by atoms with van der Waals surface area (Å²) in [4.78, 5) is 0. The minimum atomic E-state index is -4.59. The van der Waals surface area contributed by atoms with Gasteiger partial charge in [0.05, 0.1) is 12.1 Å². The van der Waals surface area contributed by atoms with Gasteiger partial charge in [0.1, 0.15) is 18.8 Å². The van der Waals surface area contributed by atoms with Crippen LogP contribution in [0.2, 0.25) is 0 Å². The van der Waals surface area contributed by atoms with Crippen molar-refractivity contribution in [2.75, 3.05) is 13.1 Å². The Morgan fingerprint density at radius 1 is 0.714 bits per heavy atom. The molecule has 18 heteroatoms. The number of nitrogens with one attached hydrogen (secondary N) is 2. The number of halogens is 9. The second kappa shape index (κ2) is 13.8. The zero-order chi connectivity index (χ0) is 26.2. The predicted molar refractivity (Wildman–Crippen MR) is 114 cm³/mol. The van der Waals surface area contributed by atoms with Gasteiger partial charge in [-0.15, -0.1) is 5.10 Å². The minimum absolute atomic E-state index is 0. The van der Waals surface area contributed by atoms with Gasteiger partial charge < -0.3 is 35.9 Å². The molecule has 1 aromatic rings. The van der Waals surface area contributed by atoms with Gasteiger partial charge in [-0.2, -0.15) is 54.8 Å². The van der Waals surface area contributed by atoms with Crippen molar-refractivity contribution in [1.29, 1.82) is 0 Å². The van der Waals surface area contributed by atoms with E-state index in [9.17, 15) is 39.5 Å². The van der Waals surface area contributed by atoms with Gasteiger partial charge in [0.2, 0.25) is 0 Å². The topological polar surface area (TPSA) is 73.5 Å². The maximum atomic E-state index is 12.5. The van der Waals surface area contributed by atoms with E-state index in [1.54, 1.807) is 10.6 Å². The molecule has 0 atom stereocenters. The zero-order valence-electron chi connectivity index (χ0n) is 17.2. The van der Waals surface area contributed by atoms with E-state index in [0.29, 0.717) is 0 Å². The Kier molecular flexibility index (Phi) is 12.9. The summed E-state index contributed by atoms with van der Waals surface area (Å²) in [6.07, 6.45) is -14.8. The molecule has 0 aliphatic rings. The van der Waals surface area contributed by atoms with E-state index in [1.165, 1.54) is 19.1 Å². The van der Waals surface area contributed by atoms with Gasteiger partial charge in [-0.25, -0.2) is 0 Å². The summed E-state index contributed by atoms with van der Waals surface area (Å²) in [6.45, 7) is -1.70. The molecular formula is C17H15CuF9N6S2. The number of alkyl halides is 9. The molecule has 0 saturated heterocycles. The van der Waals surface area contributed by atoms with Crippen molar-refractivity contribution >= 4 is 47.0 Å². The molecule has 1 radical (unpaired) electrons. The van der Waals surface area contributed by atoms with E-state index < -0.39 is 48.4 Å². The summed E-state index contributed by atoms with van der Waals surface area (Å²) in [5.74, 6) is 0. The van der Waals surface area contributed by atoms with E-state index in [0.717, 1.165) is 12.1 Å². The van der Waals surface area contributed by atoms with Gasteiger partial charge in [-0.3, -0.25) is 0 Å². The predicted octanol–water partition coefficient (Wildman–Crippen LogP) is 3.98. The Balaban J connectivity index is 0.0000116. The first-order valence-electron chi connectivity index (χ1n) is 8.85. The minimum Gasteiger partial charge on any atom is -0.741 e. The maximum Gasteiger partial charge on any atom is 2.00 e. The smallest absolute Gasteiger partial charge is 0.741 e. The third-order valence-corrected chi connectivity index (χ3v) is 3.84. The molecular weight excluding hydrogens is 587 g/mol. The SMILES string of the molecule is CC(=N\N=C(/[S-])NCC(F)(F)F)/C(=N/N=C(\[S-])NCC(F)(F)F)c1ccc(CC(F)(F)F)cc1.[Cu+2]. The molecule has 0 spiro atoms. The van der Waals surface area contributed by atoms with Crippen molar-refractivity contribution in [2.45, 2.75) is 31.9 Å². The fourth-order valence-electron chi connectivity index (χ4n) is 2.04. The van der Waals surface area contributed by atoms with Crippen LogP contribution in [0.3, 0.4) is 0 Å². The number of amidine groups is 2. The van der Waals surface area contributed by atoms with Crippen LogP contribution >= 0.6 is 0 Å². The molecule has 0 bridgehead atoms. The van der Waals surface area contributed by atoms with Crippen LogP contribution in [0, 0.1) is 0 Å². The van der Waals surface area contributed by atoms with Crippen molar-refractivity contribution < 1.29 is 56.6 Å². The number of hydrogen-bond donors (Lipinski definition) is 2. The van der Waals surface area contributed by atoms with E-state index in [4.69, 9.17) is 0 Å². The molecule has 1 rings (SSSR count). The van der Waals surface area contributed by atoms with Gasteiger partial charge in [-0.1, -0.05) is 24.3 Å². The molecule has 199 valence electrons. The fraction of sp³-hybridized carbons (Fsp3) is 0.412. The third kappa shape index (κ3) is 15.4. The van der Waals surface area contributed by atoms with Gasteiger partial charge in [0.25, 0.3) is 0 Å². The van der Waals surface area contributed by atoms with Crippen molar-refractivity contribution in [3.05, 3.63) is 35.4 Å². The molecule has 0 aromatic heterocycles. The Labute approximate surface area is 214 Å². The van der Waals surface area contributed by atoms with Gasteiger partial charge >= 0.3 is 35.6 Å². The molecule has 0 heterocycles. The average Bonchev–Trinajstić information content (AvgIpc) is 2.68. The van der Waals surface area contributed by atoms with Crippen LogP contribution in [0.25, 0.3) is 0 Å². The summed E-state index contributed by atoms with van der Waals surface area (Å²) in [7, 11) is 0. The van der Waals surface area contributed by atoms with E-state index in [1.807, 2.05) is 0 Å². The molecule has 0 saturated carbocycles. The van der Waals surface area contributed by atoms with Crippen molar-refractivity contribution in [3.8, 4) is 0 Å². The first kappa shape index (κ1) is 32.8. The van der Waals surface area contributed by atoms with Crippen LogP contribution in [-0.4, -0.2) is 53.4 Å². The molecule has 35 heavy (non-hydrogen) atoms. The third-order valence-electron chi connectivity index (χ3n) is 3.39. The van der Waals surface area contributed by atoms with Crippen molar-refractivity contribution in [2.24, 2.45) is 20.4 Å². The summed E-state index contributed by atoms with van der Waals surface area (Å²) in [5, 5.41) is 16.4. The zero-order valence-corrected chi connectivity index (χ0v) is 19.8. The van der Waals surface area contributed by atoms with Crippen LogP contribution in [0.15, 0.2) is 44.7 Å². The first-order chi connectivity index (χ1) is 15.5. The van der Waals surface area contributed by atoms with Crippen molar-refractivity contribution in [1.82, 2.24) is 10.6 Å². The van der Waals surface area contributed by atoms with Gasteiger partial charge in [0.15, 0.2) is 0 Å². The number of nitrogens with zero attached hydrogens (tertiary/aromatic N) is 4. The second-order valence-corrected chi connectivity index (χ2v) is 7.14. The van der Waals surface area contributed by atoms with Crippen molar-refractivity contribution in [3.63, 3.8) is 0 Å². The van der Waals surface area contributed by atoms with Gasteiger partial charge in [-0.05, 0) is 22.8 Å². The number of rotatable bonds is 7. The summed E-state index contributed by atoms with van der Waals surface area (Å²) in [5.41, 5.74) is -0.273. The monoisotopic (exact) mass is 601 g/mol. The quantitative estimate of drug-likeness (QED) is 0.124. The summed E-state index contributed by atoms with van der Waals surface area (Å²) >= 11 is 9.22. The van der Waals surface area contributed by atoms with E-state index in [2.05, 4.69) is 45.7 Å². The molecule has 6 nitrogen and oxygen atoms in total. The average molecular weight is 602 g/mol. The van der Waals surface area contributed by atoms with Crippen LogP contribution in [0.5, 0.6) is 0 Å². The molecule has 1 aromatic carbocycles. The molecule has 2 N–H and O–H groups in total. The fourth-order valence-corrected chi connectivity index (χ4v) is 2.26. The van der Waals surface area contributed by atoms with E-state index in [-0.39, 0.29) is 39.6 Å². The molecule has 0 aliphatic heterocycles. The van der Waals surface area contributed by atoms with Crippen LogP contribution in [-0.2, 0) is 48.7 Å². The Morgan fingerprint density at radius 3 is 1.54 bits per heavy atom. The summed E-state index contributed by atoms with van der Waals surface area (Å²) in [6, 6.07) is 4.67. The molecule has 0 unspecified atom stereocenters. The summed E-state index contributed by atoms with van der Waals surface area (Å²) < 4.78 is 111. The van der Waals surface area contributed by atoms with Crippen LogP contribution in [0.4, 0.5) is 39.5 Å². The Bertz CT molecular complexity index is 939. The molecule has 0 aliphatic carbocycles. The van der Waals surface area contributed by atoms with E-state index >= 15 is 0 Å². The second-order valence-electron chi connectivity index (χ2n) is 6.37. The maximum absolute atomic E-state index is 12.5. The molecule has 0 fully saturated rings. The normalized spacial score (nSPS) is 14.5. The Hall–Kier alpha value is -2.17. The molecule has 0 amide bonds. The number of hydrogen-bond acceptors (Lipinski definition) is 6. The Morgan fingerprint density at radius 2 is 1.14 bits per heavy atom. The van der Waals surface area contributed by atoms with Gasteiger partial charge in [0, 0.05) is 5.56 Å².